The smallest absolute Gasteiger partial charge is 0.343 e. The van der Waals surface area contributed by atoms with Crippen LogP contribution in [0.15, 0.2) is 33.7 Å². The lowest BCUT2D eigenvalue weighted by Gasteiger charge is -2.39. The van der Waals surface area contributed by atoms with Gasteiger partial charge in [-0.3, -0.25) is 4.79 Å². The van der Waals surface area contributed by atoms with E-state index < -0.39 is 5.97 Å². The second-order valence-corrected chi connectivity index (χ2v) is 8.65. The third-order valence-electron chi connectivity index (χ3n) is 4.98. The van der Waals surface area contributed by atoms with Gasteiger partial charge in [-0.2, -0.15) is 0 Å². The molecule has 1 atom stereocenters. The van der Waals surface area contributed by atoms with Crippen molar-refractivity contribution in [3.05, 3.63) is 50.2 Å². The molecule has 1 aromatic carbocycles. The SMILES string of the molecule is CCOC(=O)c1cn2c(cc1=O)-c1cc(OC)c(Br)cc1CC2C(C)(C)C. The minimum absolute atomic E-state index is 0.0696. The number of nitrogens with zero attached hydrogens (tertiary/aromatic N) is 1. The molecule has 0 bridgehead atoms. The predicted molar refractivity (Wildman–Crippen MR) is 109 cm³/mol. The van der Waals surface area contributed by atoms with Gasteiger partial charge >= 0.3 is 5.97 Å². The van der Waals surface area contributed by atoms with Crippen molar-refractivity contribution in [1.82, 2.24) is 4.57 Å². The molecule has 27 heavy (non-hydrogen) atoms. The Hall–Kier alpha value is -2.08. The number of fused-ring (bicyclic) bond motifs is 3. The van der Waals surface area contributed by atoms with Gasteiger partial charge in [0.05, 0.1) is 23.9 Å². The topological polar surface area (TPSA) is 57.5 Å². The van der Waals surface area contributed by atoms with Crippen LogP contribution in [0.5, 0.6) is 5.75 Å². The summed E-state index contributed by atoms with van der Waals surface area (Å²) in [6.07, 6.45) is 2.45. The van der Waals surface area contributed by atoms with Crippen molar-refractivity contribution in [2.75, 3.05) is 13.7 Å². The van der Waals surface area contributed by atoms with Crippen molar-refractivity contribution in [2.45, 2.75) is 40.2 Å². The molecule has 0 saturated heterocycles. The summed E-state index contributed by atoms with van der Waals surface area (Å²) in [6.45, 7) is 8.44. The van der Waals surface area contributed by atoms with Crippen molar-refractivity contribution >= 4 is 21.9 Å². The Morgan fingerprint density at radius 3 is 2.59 bits per heavy atom. The van der Waals surface area contributed by atoms with Crippen LogP contribution in [0, 0.1) is 5.41 Å². The monoisotopic (exact) mass is 433 g/mol. The number of halogens is 1. The van der Waals surface area contributed by atoms with Crippen molar-refractivity contribution in [2.24, 2.45) is 5.41 Å². The largest absolute Gasteiger partial charge is 0.496 e. The van der Waals surface area contributed by atoms with Crippen LogP contribution in [0.4, 0.5) is 0 Å². The Morgan fingerprint density at radius 2 is 2.00 bits per heavy atom. The number of ether oxygens (including phenoxy) is 2. The maximum Gasteiger partial charge on any atom is 0.343 e. The van der Waals surface area contributed by atoms with E-state index in [1.807, 2.05) is 10.6 Å². The summed E-state index contributed by atoms with van der Waals surface area (Å²) in [4.78, 5) is 24.9. The molecule has 2 heterocycles. The zero-order chi connectivity index (χ0) is 19.9. The average molecular weight is 434 g/mol. The summed E-state index contributed by atoms with van der Waals surface area (Å²) in [6, 6.07) is 5.62. The summed E-state index contributed by atoms with van der Waals surface area (Å²) in [5.74, 6) is 0.126. The first kappa shape index (κ1) is 19.7. The Kier molecular flexibility index (Phi) is 5.21. The van der Waals surface area contributed by atoms with E-state index in [2.05, 4.69) is 42.8 Å². The highest BCUT2D eigenvalue weighted by molar-refractivity contribution is 9.10. The van der Waals surface area contributed by atoms with Crippen LogP contribution in [0.3, 0.4) is 0 Å². The number of hydrogen-bond donors (Lipinski definition) is 0. The molecule has 0 amide bonds. The number of carbonyl (C=O) groups is 1. The molecule has 1 aliphatic heterocycles. The molecule has 0 aliphatic carbocycles. The van der Waals surface area contributed by atoms with Crippen LogP contribution < -0.4 is 10.2 Å². The van der Waals surface area contributed by atoms with Gasteiger partial charge in [0.1, 0.15) is 11.3 Å². The van der Waals surface area contributed by atoms with Gasteiger partial charge in [0, 0.05) is 23.9 Å². The number of benzene rings is 1. The Balaban J connectivity index is 2.28. The van der Waals surface area contributed by atoms with E-state index in [1.54, 1.807) is 20.2 Å². The molecule has 3 rings (SSSR count). The summed E-state index contributed by atoms with van der Waals surface area (Å²) in [5.41, 5.74) is 2.55. The van der Waals surface area contributed by atoms with Crippen LogP contribution in [0.25, 0.3) is 11.3 Å². The van der Waals surface area contributed by atoms with Crippen molar-refractivity contribution in [3.63, 3.8) is 0 Å². The third-order valence-corrected chi connectivity index (χ3v) is 5.60. The molecule has 1 aromatic heterocycles. The molecule has 6 heteroatoms. The molecule has 0 fully saturated rings. The van der Waals surface area contributed by atoms with E-state index >= 15 is 0 Å². The molecule has 5 nitrogen and oxygen atoms in total. The maximum absolute atomic E-state index is 12.6. The van der Waals surface area contributed by atoms with Gasteiger partial charge in [0.15, 0.2) is 5.43 Å². The highest BCUT2D eigenvalue weighted by atomic mass is 79.9. The molecule has 0 N–H and O–H groups in total. The van der Waals surface area contributed by atoms with Gasteiger partial charge < -0.3 is 14.0 Å². The number of esters is 1. The number of methoxy groups -OCH3 is 1. The second kappa shape index (κ2) is 7.15. The van der Waals surface area contributed by atoms with Crippen LogP contribution >= 0.6 is 15.9 Å². The van der Waals surface area contributed by atoms with Gasteiger partial charge in [-0.25, -0.2) is 4.79 Å². The number of aromatic nitrogens is 1. The molecule has 0 spiro atoms. The second-order valence-electron chi connectivity index (χ2n) is 7.79. The van der Waals surface area contributed by atoms with E-state index in [-0.39, 0.29) is 29.1 Å². The molecule has 2 aromatic rings. The Bertz CT molecular complexity index is 956. The van der Waals surface area contributed by atoms with E-state index in [1.165, 1.54) is 6.07 Å². The third kappa shape index (κ3) is 3.55. The number of rotatable bonds is 3. The highest BCUT2D eigenvalue weighted by Gasteiger charge is 2.34. The van der Waals surface area contributed by atoms with E-state index in [9.17, 15) is 9.59 Å². The van der Waals surface area contributed by atoms with Crippen LogP contribution in [0.2, 0.25) is 0 Å². The summed E-state index contributed by atoms with van der Waals surface area (Å²) >= 11 is 3.55. The molecular formula is C21H24BrNO4. The highest BCUT2D eigenvalue weighted by Crippen LogP contribution is 2.44. The van der Waals surface area contributed by atoms with Crippen molar-refractivity contribution in [3.8, 4) is 17.0 Å². The molecular weight excluding hydrogens is 410 g/mol. The van der Waals surface area contributed by atoms with Crippen molar-refractivity contribution < 1.29 is 14.3 Å². The maximum atomic E-state index is 12.6. The number of pyridine rings is 1. The minimum atomic E-state index is -0.579. The first-order valence-corrected chi connectivity index (χ1v) is 9.76. The molecule has 1 unspecified atom stereocenters. The van der Waals surface area contributed by atoms with Crippen molar-refractivity contribution in [1.29, 1.82) is 0 Å². The molecule has 144 valence electrons. The summed E-state index contributed by atoms with van der Waals surface area (Å²) in [5, 5.41) is 0. The number of carbonyl (C=O) groups excluding carboxylic acids is 1. The van der Waals surface area contributed by atoms with E-state index in [0.717, 1.165) is 27.7 Å². The minimum Gasteiger partial charge on any atom is -0.496 e. The average Bonchev–Trinajstić information content (AvgIpc) is 2.59. The van der Waals surface area contributed by atoms with Crippen LogP contribution in [-0.4, -0.2) is 24.3 Å². The van der Waals surface area contributed by atoms with Gasteiger partial charge in [-0.05, 0) is 52.4 Å². The molecule has 1 aliphatic rings. The zero-order valence-corrected chi connectivity index (χ0v) is 17.8. The fraction of sp³-hybridized carbons (Fsp3) is 0.429. The lowest BCUT2D eigenvalue weighted by atomic mass is 9.79. The van der Waals surface area contributed by atoms with Gasteiger partial charge in [-0.1, -0.05) is 20.8 Å². The Morgan fingerprint density at radius 1 is 1.30 bits per heavy atom. The standard InChI is InChI=1S/C21H24BrNO4/c1-6-27-20(25)14-11-23-16(10-17(14)24)13-9-18(26-5)15(22)7-12(13)8-19(23)21(2,3)4/h7,9-11,19H,6,8H2,1-5H3. The van der Waals surface area contributed by atoms with Crippen LogP contribution in [0.1, 0.15) is 49.7 Å². The fourth-order valence-corrected chi connectivity index (χ4v) is 4.13. The predicted octanol–water partition coefficient (Wildman–Crippen LogP) is 4.61. The lowest BCUT2D eigenvalue weighted by Crippen LogP contribution is -2.33. The molecule has 0 saturated carbocycles. The van der Waals surface area contributed by atoms with Gasteiger partial charge in [0.25, 0.3) is 0 Å². The lowest BCUT2D eigenvalue weighted by molar-refractivity contribution is 0.0523. The zero-order valence-electron chi connectivity index (χ0n) is 16.3. The van der Waals surface area contributed by atoms with Crippen LogP contribution in [-0.2, 0) is 11.2 Å². The fourth-order valence-electron chi connectivity index (χ4n) is 3.57. The Labute approximate surface area is 167 Å². The molecule has 0 radical (unpaired) electrons. The van der Waals surface area contributed by atoms with Gasteiger partial charge in [-0.15, -0.1) is 0 Å². The summed E-state index contributed by atoms with van der Waals surface area (Å²) in [7, 11) is 1.62. The number of hydrogen-bond acceptors (Lipinski definition) is 4. The van der Waals surface area contributed by atoms with Gasteiger partial charge in [0.2, 0.25) is 0 Å². The summed E-state index contributed by atoms with van der Waals surface area (Å²) < 4.78 is 13.4. The first-order chi connectivity index (χ1) is 12.7. The van der Waals surface area contributed by atoms with E-state index in [0.29, 0.717) is 5.75 Å². The van der Waals surface area contributed by atoms with E-state index in [4.69, 9.17) is 9.47 Å². The normalized spacial score (nSPS) is 15.7. The first-order valence-electron chi connectivity index (χ1n) is 8.97. The quantitative estimate of drug-likeness (QED) is 0.663.